The van der Waals surface area contributed by atoms with Gasteiger partial charge in [-0.15, -0.1) is 0 Å². The molecule has 0 unspecified atom stereocenters. The Labute approximate surface area is 152 Å². The Bertz CT molecular complexity index is 893. The van der Waals surface area contributed by atoms with Crippen LogP contribution in [0, 0.1) is 5.82 Å². The number of nitrogens with zero attached hydrogens (tertiary/aromatic N) is 5. The maximum absolute atomic E-state index is 13.8. The Balaban J connectivity index is 1.91. The summed E-state index contributed by atoms with van der Waals surface area (Å²) in [6.07, 6.45) is 3.30. The SMILES string of the molecule is CC[C@H](O)Cn1ccc(-c2cccc(-c3ncc(F)c(N(C)C)n3)c2)n1. The number of benzene rings is 1. The van der Waals surface area contributed by atoms with E-state index in [1.807, 2.05) is 43.5 Å². The first kappa shape index (κ1) is 18.0. The zero-order valence-corrected chi connectivity index (χ0v) is 15.1. The molecular formula is C19H22FN5O. The summed E-state index contributed by atoms with van der Waals surface area (Å²) in [7, 11) is 3.48. The summed E-state index contributed by atoms with van der Waals surface area (Å²) in [6, 6.07) is 9.55. The number of rotatable bonds is 6. The minimum Gasteiger partial charge on any atom is -0.391 e. The number of halogens is 1. The molecule has 26 heavy (non-hydrogen) atoms. The second kappa shape index (κ2) is 7.61. The van der Waals surface area contributed by atoms with Gasteiger partial charge in [-0.25, -0.2) is 14.4 Å². The Morgan fingerprint density at radius 1 is 1.23 bits per heavy atom. The monoisotopic (exact) mass is 355 g/mol. The van der Waals surface area contributed by atoms with Crippen molar-refractivity contribution in [2.45, 2.75) is 26.0 Å². The van der Waals surface area contributed by atoms with E-state index in [4.69, 9.17) is 0 Å². The Kier molecular flexibility index (Phi) is 5.27. The fourth-order valence-electron chi connectivity index (χ4n) is 2.59. The van der Waals surface area contributed by atoms with Crippen LogP contribution < -0.4 is 4.90 Å². The minimum atomic E-state index is -0.455. The smallest absolute Gasteiger partial charge is 0.183 e. The van der Waals surface area contributed by atoms with Crippen LogP contribution in [0.2, 0.25) is 0 Å². The topological polar surface area (TPSA) is 67.1 Å². The zero-order chi connectivity index (χ0) is 18.7. The van der Waals surface area contributed by atoms with Crippen LogP contribution in [0.4, 0.5) is 10.2 Å². The molecule has 1 atom stereocenters. The molecule has 0 radical (unpaired) electrons. The van der Waals surface area contributed by atoms with Crippen LogP contribution in [-0.2, 0) is 6.54 Å². The number of aliphatic hydroxyl groups excluding tert-OH is 1. The van der Waals surface area contributed by atoms with Crippen LogP contribution in [0.3, 0.4) is 0 Å². The van der Waals surface area contributed by atoms with Gasteiger partial charge in [-0.2, -0.15) is 5.10 Å². The molecule has 0 saturated heterocycles. The molecule has 136 valence electrons. The van der Waals surface area contributed by atoms with E-state index in [9.17, 15) is 9.50 Å². The van der Waals surface area contributed by atoms with E-state index >= 15 is 0 Å². The molecule has 0 aliphatic rings. The molecule has 3 aromatic rings. The molecule has 0 fully saturated rings. The number of hydrogen-bond donors (Lipinski definition) is 1. The quantitative estimate of drug-likeness (QED) is 0.736. The molecule has 0 aliphatic heterocycles. The zero-order valence-electron chi connectivity index (χ0n) is 15.1. The third-order valence-corrected chi connectivity index (χ3v) is 4.08. The molecule has 3 rings (SSSR count). The summed E-state index contributed by atoms with van der Waals surface area (Å²) < 4.78 is 15.5. The molecule has 0 saturated carbocycles. The van der Waals surface area contributed by atoms with E-state index in [-0.39, 0.29) is 5.82 Å². The molecule has 2 aromatic heterocycles. The molecule has 0 bridgehead atoms. The van der Waals surface area contributed by atoms with E-state index in [0.29, 0.717) is 18.8 Å². The third-order valence-electron chi connectivity index (χ3n) is 4.08. The highest BCUT2D eigenvalue weighted by atomic mass is 19.1. The normalized spacial score (nSPS) is 12.2. The van der Waals surface area contributed by atoms with Crippen LogP contribution >= 0.6 is 0 Å². The maximum atomic E-state index is 13.8. The average Bonchev–Trinajstić information content (AvgIpc) is 3.10. The maximum Gasteiger partial charge on any atom is 0.183 e. The number of hydrogen-bond acceptors (Lipinski definition) is 5. The second-order valence-corrected chi connectivity index (χ2v) is 6.33. The summed E-state index contributed by atoms with van der Waals surface area (Å²) in [5.41, 5.74) is 2.49. The number of aliphatic hydroxyl groups is 1. The first-order valence-corrected chi connectivity index (χ1v) is 8.50. The average molecular weight is 355 g/mol. The van der Waals surface area contributed by atoms with Gasteiger partial charge in [0.15, 0.2) is 17.5 Å². The lowest BCUT2D eigenvalue weighted by molar-refractivity contribution is 0.145. The number of anilines is 1. The molecule has 0 aliphatic carbocycles. The lowest BCUT2D eigenvalue weighted by Crippen LogP contribution is -2.14. The van der Waals surface area contributed by atoms with Crippen molar-refractivity contribution in [3.8, 4) is 22.6 Å². The van der Waals surface area contributed by atoms with Gasteiger partial charge in [-0.05, 0) is 18.6 Å². The molecule has 1 aromatic carbocycles. The van der Waals surface area contributed by atoms with Gasteiger partial charge in [0, 0.05) is 31.4 Å². The largest absolute Gasteiger partial charge is 0.391 e. The van der Waals surface area contributed by atoms with Gasteiger partial charge in [0.05, 0.1) is 24.5 Å². The summed E-state index contributed by atoms with van der Waals surface area (Å²) in [6.45, 7) is 2.40. The predicted molar refractivity (Wildman–Crippen MR) is 99.3 cm³/mol. The van der Waals surface area contributed by atoms with Gasteiger partial charge in [0.1, 0.15) is 0 Å². The molecule has 7 heteroatoms. The van der Waals surface area contributed by atoms with Crippen LogP contribution in [0.25, 0.3) is 22.6 Å². The summed E-state index contributed by atoms with van der Waals surface area (Å²) in [5.74, 6) is 0.249. The van der Waals surface area contributed by atoms with Crippen molar-refractivity contribution in [3.05, 3.63) is 48.5 Å². The Morgan fingerprint density at radius 2 is 2.00 bits per heavy atom. The van der Waals surface area contributed by atoms with Crippen LogP contribution in [0.15, 0.2) is 42.7 Å². The van der Waals surface area contributed by atoms with Crippen molar-refractivity contribution < 1.29 is 9.50 Å². The standard InChI is InChI=1S/C19H22FN5O/c1-4-15(26)12-25-9-8-17(23-25)13-6-5-7-14(10-13)18-21-11-16(20)19(22-18)24(2)3/h5-11,15,26H,4,12H2,1-3H3/t15-/m0/s1. The highest BCUT2D eigenvalue weighted by Crippen LogP contribution is 2.25. The molecule has 2 heterocycles. The van der Waals surface area contributed by atoms with Crippen LogP contribution in [-0.4, -0.2) is 45.1 Å². The molecule has 0 amide bonds. The number of aromatic nitrogens is 4. The van der Waals surface area contributed by atoms with E-state index in [1.54, 1.807) is 23.7 Å². The van der Waals surface area contributed by atoms with Gasteiger partial charge in [0.25, 0.3) is 0 Å². The van der Waals surface area contributed by atoms with Crippen molar-refractivity contribution in [2.24, 2.45) is 0 Å². The van der Waals surface area contributed by atoms with Gasteiger partial charge in [0.2, 0.25) is 0 Å². The van der Waals surface area contributed by atoms with E-state index in [1.165, 1.54) is 6.20 Å². The molecular weight excluding hydrogens is 333 g/mol. The fraction of sp³-hybridized carbons (Fsp3) is 0.316. The van der Waals surface area contributed by atoms with Crippen molar-refractivity contribution in [3.63, 3.8) is 0 Å². The van der Waals surface area contributed by atoms with Crippen molar-refractivity contribution in [2.75, 3.05) is 19.0 Å². The van der Waals surface area contributed by atoms with Crippen molar-refractivity contribution in [1.29, 1.82) is 0 Å². The minimum absolute atomic E-state index is 0.248. The fourth-order valence-corrected chi connectivity index (χ4v) is 2.59. The first-order chi connectivity index (χ1) is 12.5. The molecule has 6 nitrogen and oxygen atoms in total. The molecule has 0 spiro atoms. The third kappa shape index (κ3) is 3.88. The summed E-state index contributed by atoms with van der Waals surface area (Å²) >= 11 is 0. The van der Waals surface area contributed by atoms with Crippen molar-refractivity contribution >= 4 is 5.82 Å². The summed E-state index contributed by atoms with van der Waals surface area (Å²) in [5, 5.41) is 14.3. The highest BCUT2D eigenvalue weighted by Gasteiger charge is 2.12. The highest BCUT2D eigenvalue weighted by molar-refractivity contribution is 5.68. The van der Waals surface area contributed by atoms with Gasteiger partial charge < -0.3 is 10.0 Å². The summed E-state index contributed by atoms with van der Waals surface area (Å²) in [4.78, 5) is 10.0. The van der Waals surface area contributed by atoms with Crippen LogP contribution in [0.5, 0.6) is 0 Å². The second-order valence-electron chi connectivity index (χ2n) is 6.33. The van der Waals surface area contributed by atoms with E-state index < -0.39 is 11.9 Å². The molecule has 1 N–H and O–H groups in total. The first-order valence-electron chi connectivity index (χ1n) is 8.50. The lowest BCUT2D eigenvalue weighted by Gasteiger charge is -2.13. The van der Waals surface area contributed by atoms with Gasteiger partial charge >= 0.3 is 0 Å². The van der Waals surface area contributed by atoms with Gasteiger partial charge in [-0.3, -0.25) is 4.68 Å². The van der Waals surface area contributed by atoms with Gasteiger partial charge in [-0.1, -0.05) is 25.1 Å². The Morgan fingerprint density at radius 3 is 2.73 bits per heavy atom. The van der Waals surface area contributed by atoms with E-state index in [0.717, 1.165) is 16.8 Å². The van der Waals surface area contributed by atoms with Crippen molar-refractivity contribution in [1.82, 2.24) is 19.7 Å². The predicted octanol–water partition coefficient (Wildman–Crippen LogP) is 2.98. The Hall–Kier alpha value is -2.80. The lowest BCUT2D eigenvalue weighted by atomic mass is 10.1. The van der Waals surface area contributed by atoms with E-state index in [2.05, 4.69) is 15.1 Å². The van der Waals surface area contributed by atoms with Crippen LogP contribution in [0.1, 0.15) is 13.3 Å².